The van der Waals surface area contributed by atoms with Gasteiger partial charge in [-0.25, -0.2) is 17.2 Å². The van der Waals surface area contributed by atoms with Crippen LogP contribution >= 0.6 is 0 Å². The predicted molar refractivity (Wildman–Crippen MR) is 78.2 cm³/mol. The predicted octanol–water partition coefficient (Wildman–Crippen LogP) is 2.34. The number of pyridine rings is 1. The van der Waals surface area contributed by atoms with E-state index in [9.17, 15) is 22.0 Å². The molecule has 0 aliphatic carbocycles. The molecule has 0 saturated carbocycles. The molecule has 1 N–H and O–H groups in total. The molecule has 0 unspecified atom stereocenters. The summed E-state index contributed by atoms with van der Waals surface area (Å²) in [6, 6.07) is 4.69. The van der Waals surface area contributed by atoms with Crippen LogP contribution in [-0.2, 0) is 16.6 Å². The van der Waals surface area contributed by atoms with Crippen LogP contribution < -0.4 is 10.3 Å². The first-order chi connectivity index (χ1) is 10.3. The van der Waals surface area contributed by atoms with Gasteiger partial charge in [-0.1, -0.05) is 6.92 Å². The molecule has 1 aromatic carbocycles. The smallest absolute Gasteiger partial charge is 0.264 e. The molecule has 1 aromatic heterocycles. The molecule has 1 heterocycles. The fourth-order valence-corrected chi connectivity index (χ4v) is 3.01. The molecule has 2 rings (SSSR count). The van der Waals surface area contributed by atoms with E-state index in [0.717, 1.165) is 12.1 Å². The van der Waals surface area contributed by atoms with Crippen LogP contribution in [0.5, 0.6) is 0 Å². The van der Waals surface area contributed by atoms with Crippen LogP contribution in [0.3, 0.4) is 0 Å². The van der Waals surface area contributed by atoms with Gasteiger partial charge in [-0.2, -0.15) is 0 Å². The number of sulfonamides is 1. The molecule has 0 atom stereocenters. The first-order valence-corrected chi connectivity index (χ1v) is 8.00. The molecule has 0 fully saturated rings. The first-order valence-electron chi connectivity index (χ1n) is 6.52. The molecular formula is C14H14F2N2O3S. The summed E-state index contributed by atoms with van der Waals surface area (Å²) >= 11 is 0. The van der Waals surface area contributed by atoms with E-state index in [4.69, 9.17) is 0 Å². The summed E-state index contributed by atoms with van der Waals surface area (Å²) < 4.78 is 54.2. The summed E-state index contributed by atoms with van der Waals surface area (Å²) in [7, 11) is -4.21. The molecular weight excluding hydrogens is 314 g/mol. The highest BCUT2D eigenvalue weighted by atomic mass is 32.2. The molecule has 0 aliphatic rings. The second-order valence-corrected chi connectivity index (χ2v) is 6.28. The Labute approximate surface area is 126 Å². The number of benzene rings is 1. The van der Waals surface area contributed by atoms with Crippen molar-refractivity contribution in [1.82, 2.24) is 4.57 Å². The second kappa shape index (κ2) is 6.27. The molecule has 0 amide bonds. The fourth-order valence-electron chi connectivity index (χ4n) is 1.91. The largest absolute Gasteiger partial charge is 0.313 e. The Kier molecular flexibility index (Phi) is 4.60. The average molecular weight is 328 g/mol. The minimum absolute atomic E-state index is 0.122. The lowest BCUT2D eigenvalue weighted by molar-refractivity contribution is 0.551. The normalized spacial score (nSPS) is 11.4. The Bertz CT molecular complexity index is 847. The number of nitrogens with zero attached hydrogens (tertiary/aromatic N) is 1. The van der Waals surface area contributed by atoms with Crippen LogP contribution in [-0.4, -0.2) is 13.0 Å². The van der Waals surface area contributed by atoms with Gasteiger partial charge in [0.15, 0.2) is 0 Å². The van der Waals surface area contributed by atoms with Gasteiger partial charge < -0.3 is 4.57 Å². The van der Waals surface area contributed by atoms with E-state index in [1.54, 1.807) is 0 Å². The number of halogens is 2. The van der Waals surface area contributed by atoms with Gasteiger partial charge >= 0.3 is 0 Å². The molecule has 0 bridgehead atoms. The van der Waals surface area contributed by atoms with Gasteiger partial charge in [-0.05, 0) is 24.6 Å². The standard InChI is InChI=1S/C14H14F2N2O3S/c1-2-7-18-9-11(4-6-14(18)19)17-22(20,21)13-5-3-10(15)8-12(13)16/h3-6,8-9,17H,2,7H2,1H3. The Morgan fingerprint density at radius 2 is 1.91 bits per heavy atom. The molecule has 118 valence electrons. The molecule has 2 aromatic rings. The Morgan fingerprint density at radius 1 is 1.18 bits per heavy atom. The van der Waals surface area contributed by atoms with Crippen LogP contribution in [0.15, 0.2) is 46.2 Å². The highest BCUT2D eigenvalue weighted by molar-refractivity contribution is 7.92. The maximum atomic E-state index is 13.6. The third-order valence-corrected chi connectivity index (χ3v) is 4.30. The zero-order valence-electron chi connectivity index (χ0n) is 11.7. The van der Waals surface area contributed by atoms with Gasteiger partial charge in [0.05, 0.1) is 5.69 Å². The lowest BCUT2D eigenvalue weighted by atomic mass is 10.3. The van der Waals surface area contributed by atoms with Crippen molar-refractivity contribution in [2.45, 2.75) is 24.8 Å². The SMILES string of the molecule is CCCn1cc(NS(=O)(=O)c2ccc(F)cc2F)ccc1=O. The number of anilines is 1. The number of hydrogen-bond acceptors (Lipinski definition) is 3. The van der Waals surface area contributed by atoms with Crippen LogP contribution in [0.25, 0.3) is 0 Å². The quantitative estimate of drug-likeness (QED) is 0.916. The van der Waals surface area contributed by atoms with Crippen molar-refractivity contribution in [3.8, 4) is 0 Å². The van der Waals surface area contributed by atoms with E-state index in [1.165, 1.54) is 22.9 Å². The van der Waals surface area contributed by atoms with Crippen molar-refractivity contribution in [3.05, 3.63) is 58.5 Å². The van der Waals surface area contributed by atoms with Gasteiger partial charge in [0.2, 0.25) is 0 Å². The van der Waals surface area contributed by atoms with E-state index in [2.05, 4.69) is 4.72 Å². The van der Waals surface area contributed by atoms with Crippen molar-refractivity contribution in [2.75, 3.05) is 4.72 Å². The maximum absolute atomic E-state index is 13.6. The highest BCUT2D eigenvalue weighted by Gasteiger charge is 2.20. The van der Waals surface area contributed by atoms with Crippen molar-refractivity contribution in [2.24, 2.45) is 0 Å². The first kappa shape index (κ1) is 16.2. The van der Waals surface area contributed by atoms with Crippen molar-refractivity contribution >= 4 is 15.7 Å². The molecule has 0 spiro atoms. The summed E-state index contributed by atoms with van der Waals surface area (Å²) in [4.78, 5) is 10.9. The fraction of sp³-hybridized carbons (Fsp3) is 0.214. The zero-order valence-corrected chi connectivity index (χ0v) is 12.5. The molecule has 22 heavy (non-hydrogen) atoms. The highest BCUT2D eigenvalue weighted by Crippen LogP contribution is 2.19. The third kappa shape index (κ3) is 3.51. The summed E-state index contributed by atoms with van der Waals surface area (Å²) in [5, 5.41) is 0. The van der Waals surface area contributed by atoms with Gasteiger partial charge in [0.25, 0.3) is 15.6 Å². The number of nitrogens with one attached hydrogen (secondary N) is 1. The molecule has 8 heteroatoms. The van der Waals surface area contributed by atoms with Crippen LogP contribution in [0, 0.1) is 11.6 Å². The topological polar surface area (TPSA) is 68.2 Å². The molecule has 0 saturated heterocycles. The van der Waals surface area contributed by atoms with Crippen LogP contribution in [0.1, 0.15) is 13.3 Å². The minimum atomic E-state index is -4.21. The van der Waals surface area contributed by atoms with E-state index >= 15 is 0 Å². The van der Waals surface area contributed by atoms with Crippen molar-refractivity contribution in [3.63, 3.8) is 0 Å². The van der Waals surface area contributed by atoms with Gasteiger partial charge in [-0.15, -0.1) is 0 Å². The van der Waals surface area contributed by atoms with E-state index < -0.39 is 26.6 Å². The van der Waals surface area contributed by atoms with Crippen LogP contribution in [0.2, 0.25) is 0 Å². The Hall–Kier alpha value is -2.22. The van der Waals surface area contributed by atoms with Crippen molar-refractivity contribution in [1.29, 1.82) is 0 Å². The van der Waals surface area contributed by atoms with E-state index in [1.807, 2.05) is 6.92 Å². The van der Waals surface area contributed by atoms with Gasteiger partial charge in [0.1, 0.15) is 16.5 Å². The molecule has 5 nitrogen and oxygen atoms in total. The molecule has 0 aliphatic heterocycles. The lowest BCUT2D eigenvalue weighted by Crippen LogP contribution is -2.21. The number of aromatic nitrogens is 1. The summed E-state index contributed by atoms with van der Waals surface area (Å²) in [5.41, 5.74) is -0.144. The maximum Gasteiger partial charge on any atom is 0.264 e. The van der Waals surface area contributed by atoms with Crippen LogP contribution in [0.4, 0.5) is 14.5 Å². The summed E-state index contributed by atoms with van der Waals surface area (Å²) in [6.45, 7) is 2.30. The second-order valence-electron chi connectivity index (χ2n) is 4.63. The number of aryl methyl sites for hydroxylation is 1. The lowest BCUT2D eigenvalue weighted by Gasteiger charge is -2.11. The number of hydrogen-bond donors (Lipinski definition) is 1. The minimum Gasteiger partial charge on any atom is -0.313 e. The third-order valence-electron chi connectivity index (χ3n) is 2.88. The summed E-state index contributed by atoms with van der Waals surface area (Å²) in [5.74, 6) is -2.05. The monoisotopic (exact) mass is 328 g/mol. The summed E-state index contributed by atoms with van der Waals surface area (Å²) in [6.07, 6.45) is 2.04. The Balaban J connectivity index is 2.36. The van der Waals surface area contributed by atoms with E-state index in [0.29, 0.717) is 19.0 Å². The van der Waals surface area contributed by atoms with E-state index in [-0.39, 0.29) is 11.2 Å². The zero-order chi connectivity index (χ0) is 16.3. The number of rotatable bonds is 5. The average Bonchev–Trinajstić information content (AvgIpc) is 2.42. The van der Waals surface area contributed by atoms with Gasteiger partial charge in [0, 0.05) is 24.9 Å². The van der Waals surface area contributed by atoms with Gasteiger partial charge in [-0.3, -0.25) is 9.52 Å². The Morgan fingerprint density at radius 3 is 2.55 bits per heavy atom. The van der Waals surface area contributed by atoms with Crippen molar-refractivity contribution < 1.29 is 17.2 Å². The molecule has 0 radical (unpaired) electrons.